The van der Waals surface area contributed by atoms with E-state index in [1.54, 1.807) is 6.21 Å². The van der Waals surface area contributed by atoms with Crippen molar-refractivity contribution in [2.45, 2.75) is 26.4 Å². The van der Waals surface area contributed by atoms with Crippen molar-refractivity contribution in [1.29, 1.82) is 0 Å². The first kappa shape index (κ1) is 18.4. The Hall–Kier alpha value is -3.41. The van der Waals surface area contributed by atoms with Crippen molar-refractivity contribution in [3.63, 3.8) is 0 Å². The summed E-state index contributed by atoms with van der Waals surface area (Å²) in [6.45, 7) is 2.52. The second-order valence-electron chi connectivity index (χ2n) is 6.02. The van der Waals surface area contributed by atoms with Crippen LogP contribution in [0.25, 0.3) is 0 Å². The summed E-state index contributed by atoms with van der Waals surface area (Å²) in [7, 11) is 0. The number of para-hydroxylation sites is 1. The number of aromatic amines is 1. The smallest absolute Gasteiger partial charge is 0.252 e. The molecule has 1 heterocycles. The molecule has 0 aliphatic carbocycles. The lowest BCUT2D eigenvalue weighted by atomic mass is 10.2. The van der Waals surface area contributed by atoms with Gasteiger partial charge in [-0.2, -0.15) is 5.10 Å². The van der Waals surface area contributed by atoms with Crippen LogP contribution in [-0.4, -0.2) is 16.2 Å². The van der Waals surface area contributed by atoms with Gasteiger partial charge in [-0.05, 0) is 24.1 Å². The van der Waals surface area contributed by atoms with Gasteiger partial charge in [-0.3, -0.25) is 9.78 Å². The van der Waals surface area contributed by atoms with E-state index in [0.29, 0.717) is 12.6 Å². The third-order valence-corrected chi connectivity index (χ3v) is 3.83. The van der Waals surface area contributed by atoms with Gasteiger partial charge in [0.2, 0.25) is 5.95 Å². The van der Waals surface area contributed by atoms with E-state index in [2.05, 4.69) is 20.5 Å². The Labute approximate surface area is 157 Å². The lowest BCUT2D eigenvalue weighted by Gasteiger charge is -2.09. The summed E-state index contributed by atoms with van der Waals surface area (Å²) in [6, 6.07) is 19.1. The summed E-state index contributed by atoms with van der Waals surface area (Å²) in [5.41, 5.74) is 5.25. The van der Waals surface area contributed by atoms with Gasteiger partial charge in [0.1, 0.15) is 12.4 Å². The molecule has 1 aromatic heterocycles. The zero-order valence-electron chi connectivity index (χ0n) is 15.2. The topological polar surface area (TPSA) is 79.4 Å². The molecule has 0 unspecified atom stereocenters. The van der Waals surface area contributed by atoms with E-state index in [1.807, 2.05) is 61.5 Å². The number of H-pyrrole nitrogens is 1. The summed E-state index contributed by atoms with van der Waals surface area (Å²) in [6.07, 6.45) is 3.32. The zero-order valence-corrected chi connectivity index (χ0v) is 15.2. The standard InChI is InChI=1S/C21H22N4O2/c1-2-8-18-13-20(26)24-21(23-18)25-22-14-17-11-6-7-12-19(17)27-15-16-9-4-3-5-10-16/h3-7,9-14H,2,8,15H2,1H3,(H2,23,24,25,26)/b22-14+. The van der Waals surface area contributed by atoms with Crippen LogP contribution in [0.1, 0.15) is 30.2 Å². The molecule has 0 saturated carbocycles. The van der Waals surface area contributed by atoms with Gasteiger partial charge < -0.3 is 4.74 Å². The molecule has 6 heteroatoms. The molecule has 2 N–H and O–H groups in total. The number of rotatable bonds is 8. The van der Waals surface area contributed by atoms with Crippen LogP contribution in [-0.2, 0) is 13.0 Å². The SMILES string of the molecule is CCCc1cc(=O)[nH]c(N/N=C/c2ccccc2OCc2ccccc2)n1. The van der Waals surface area contributed by atoms with Gasteiger partial charge in [0.25, 0.3) is 5.56 Å². The fourth-order valence-electron chi connectivity index (χ4n) is 2.56. The maximum absolute atomic E-state index is 11.7. The van der Waals surface area contributed by atoms with Crippen LogP contribution in [0.4, 0.5) is 5.95 Å². The molecule has 0 aliphatic rings. The summed E-state index contributed by atoms with van der Waals surface area (Å²) in [5, 5.41) is 4.18. The highest BCUT2D eigenvalue weighted by atomic mass is 16.5. The molecule has 138 valence electrons. The molecule has 0 atom stereocenters. The minimum Gasteiger partial charge on any atom is -0.488 e. The van der Waals surface area contributed by atoms with Gasteiger partial charge in [-0.25, -0.2) is 10.4 Å². The minimum atomic E-state index is -0.197. The van der Waals surface area contributed by atoms with Crippen LogP contribution >= 0.6 is 0 Å². The van der Waals surface area contributed by atoms with Gasteiger partial charge in [0.05, 0.1) is 6.21 Å². The Kier molecular flexibility index (Phi) is 6.35. The molecular formula is C21H22N4O2. The molecule has 0 saturated heterocycles. The number of aryl methyl sites for hydroxylation is 1. The Morgan fingerprint density at radius 2 is 1.93 bits per heavy atom. The number of ether oxygens (including phenoxy) is 1. The van der Waals surface area contributed by atoms with Crippen LogP contribution < -0.4 is 15.7 Å². The monoisotopic (exact) mass is 362 g/mol. The summed E-state index contributed by atoms with van der Waals surface area (Å²) in [5.74, 6) is 1.05. The van der Waals surface area contributed by atoms with E-state index >= 15 is 0 Å². The number of aromatic nitrogens is 2. The lowest BCUT2D eigenvalue weighted by molar-refractivity contribution is 0.306. The number of hydrazone groups is 1. The van der Waals surface area contributed by atoms with Crippen LogP contribution in [0.15, 0.2) is 70.6 Å². The molecule has 2 aromatic carbocycles. The highest BCUT2D eigenvalue weighted by Crippen LogP contribution is 2.17. The largest absolute Gasteiger partial charge is 0.488 e. The van der Waals surface area contributed by atoms with Crippen molar-refractivity contribution in [2.75, 3.05) is 5.43 Å². The summed E-state index contributed by atoms with van der Waals surface area (Å²) < 4.78 is 5.90. The maximum Gasteiger partial charge on any atom is 0.252 e. The normalized spacial score (nSPS) is 10.9. The van der Waals surface area contributed by atoms with Crippen molar-refractivity contribution in [3.8, 4) is 5.75 Å². The molecule has 0 spiro atoms. The molecule has 3 aromatic rings. The molecule has 3 rings (SSSR count). The van der Waals surface area contributed by atoms with Gasteiger partial charge >= 0.3 is 0 Å². The van der Waals surface area contributed by atoms with E-state index in [9.17, 15) is 4.79 Å². The zero-order chi connectivity index (χ0) is 18.9. The first-order valence-corrected chi connectivity index (χ1v) is 8.89. The number of nitrogens with zero attached hydrogens (tertiary/aromatic N) is 2. The van der Waals surface area contributed by atoms with Gasteiger partial charge in [-0.15, -0.1) is 0 Å². The molecular weight excluding hydrogens is 340 g/mol. The van der Waals surface area contributed by atoms with E-state index in [0.717, 1.165) is 35.4 Å². The Balaban J connectivity index is 1.68. The van der Waals surface area contributed by atoms with E-state index in [1.165, 1.54) is 6.07 Å². The number of hydrogen-bond acceptors (Lipinski definition) is 5. The first-order valence-electron chi connectivity index (χ1n) is 8.89. The highest BCUT2D eigenvalue weighted by molar-refractivity contribution is 5.83. The average molecular weight is 362 g/mol. The van der Waals surface area contributed by atoms with Crippen LogP contribution in [0, 0.1) is 0 Å². The van der Waals surface area contributed by atoms with E-state index < -0.39 is 0 Å². The summed E-state index contributed by atoms with van der Waals surface area (Å²) in [4.78, 5) is 18.7. The quantitative estimate of drug-likeness (QED) is 0.472. The average Bonchev–Trinajstić information content (AvgIpc) is 2.68. The van der Waals surface area contributed by atoms with Gasteiger partial charge in [0.15, 0.2) is 0 Å². The van der Waals surface area contributed by atoms with Crippen LogP contribution in [0.3, 0.4) is 0 Å². The van der Waals surface area contributed by atoms with Crippen molar-refractivity contribution < 1.29 is 4.74 Å². The van der Waals surface area contributed by atoms with Crippen molar-refractivity contribution in [3.05, 3.63) is 87.8 Å². The Morgan fingerprint density at radius 3 is 2.74 bits per heavy atom. The Morgan fingerprint density at radius 1 is 1.15 bits per heavy atom. The lowest BCUT2D eigenvalue weighted by Crippen LogP contribution is -2.12. The number of anilines is 1. The predicted octanol–water partition coefficient (Wildman–Crippen LogP) is 3.75. The maximum atomic E-state index is 11.7. The number of nitrogens with one attached hydrogen (secondary N) is 2. The van der Waals surface area contributed by atoms with Gasteiger partial charge in [0, 0.05) is 17.3 Å². The second-order valence-corrected chi connectivity index (χ2v) is 6.02. The highest BCUT2D eigenvalue weighted by Gasteiger charge is 2.02. The van der Waals surface area contributed by atoms with Crippen LogP contribution in [0.5, 0.6) is 5.75 Å². The molecule has 27 heavy (non-hydrogen) atoms. The second kappa shape index (κ2) is 9.33. The van der Waals surface area contributed by atoms with Crippen molar-refractivity contribution in [1.82, 2.24) is 9.97 Å². The molecule has 0 radical (unpaired) electrons. The fourth-order valence-corrected chi connectivity index (χ4v) is 2.56. The fraction of sp³-hybridized carbons (Fsp3) is 0.190. The van der Waals surface area contributed by atoms with Crippen molar-refractivity contribution >= 4 is 12.2 Å². The first-order chi connectivity index (χ1) is 13.2. The van der Waals surface area contributed by atoms with E-state index in [-0.39, 0.29) is 5.56 Å². The van der Waals surface area contributed by atoms with Crippen LogP contribution in [0.2, 0.25) is 0 Å². The number of benzene rings is 2. The third kappa shape index (κ3) is 5.54. The number of hydrogen-bond donors (Lipinski definition) is 2. The molecule has 0 fully saturated rings. The van der Waals surface area contributed by atoms with E-state index in [4.69, 9.17) is 4.74 Å². The Bertz CT molecular complexity index is 952. The van der Waals surface area contributed by atoms with Gasteiger partial charge in [-0.1, -0.05) is 55.8 Å². The van der Waals surface area contributed by atoms with Crippen molar-refractivity contribution in [2.24, 2.45) is 5.10 Å². The predicted molar refractivity (Wildman–Crippen MR) is 107 cm³/mol. The molecule has 6 nitrogen and oxygen atoms in total. The molecule has 0 amide bonds. The third-order valence-electron chi connectivity index (χ3n) is 3.83. The minimum absolute atomic E-state index is 0.197. The summed E-state index contributed by atoms with van der Waals surface area (Å²) >= 11 is 0. The molecule has 0 bridgehead atoms. The molecule has 0 aliphatic heterocycles.